The third-order valence-electron chi connectivity index (χ3n) is 2.62. The molecular formula is C14H9ClF2O. The number of rotatable bonds is 2. The van der Waals surface area contributed by atoms with Crippen LogP contribution in [-0.4, -0.2) is 5.78 Å². The van der Waals surface area contributed by atoms with Crippen LogP contribution in [0.1, 0.15) is 17.3 Å². The van der Waals surface area contributed by atoms with Gasteiger partial charge in [0.05, 0.1) is 5.02 Å². The zero-order valence-corrected chi connectivity index (χ0v) is 10.3. The normalized spacial score (nSPS) is 10.4. The van der Waals surface area contributed by atoms with Crippen LogP contribution in [0.5, 0.6) is 0 Å². The van der Waals surface area contributed by atoms with Gasteiger partial charge in [0.1, 0.15) is 0 Å². The SMILES string of the molecule is CC(=O)c1ccccc1-c1c(Cl)ccc(F)c1F. The highest BCUT2D eigenvalue weighted by Crippen LogP contribution is 2.34. The molecule has 0 aliphatic heterocycles. The quantitative estimate of drug-likeness (QED) is 0.578. The van der Waals surface area contributed by atoms with Crippen molar-refractivity contribution in [1.82, 2.24) is 0 Å². The number of halogens is 3. The molecule has 0 spiro atoms. The van der Waals surface area contributed by atoms with E-state index in [9.17, 15) is 13.6 Å². The topological polar surface area (TPSA) is 17.1 Å². The van der Waals surface area contributed by atoms with Crippen LogP contribution in [-0.2, 0) is 0 Å². The summed E-state index contributed by atoms with van der Waals surface area (Å²) in [6.07, 6.45) is 0. The molecule has 92 valence electrons. The maximum absolute atomic E-state index is 13.8. The number of hydrogen-bond donors (Lipinski definition) is 0. The van der Waals surface area contributed by atoms with Crippen molar-refractivity contribution in [2.24, 2.45) is 0 Å². The Bertz CT molecular complexity index is 623. The Hall–Kier alpha value is -1.74. The summed E-state index contributed by atoms with van der Waals surface area (Å²) in [5.74, 6) is -2.27. The van der Waals surface area contributed by atoms with Crippen molar-refractivity contribution in [1.29, 1.82) is 0 Å². The number of benzene rings is 2. The first-order valence-corrected chi connectivity index (χ1v) is 5.64. The lowest BCUT2D eigenvalue weighted by molar-refractivity contribution is 0.101. The van der Waals surface area contributed by atoms with E-state index in [-0.39, 0.29) is 16.4 Å². The fourth-order valence-corrected chi connectivity index (χ4v) is 2.03. The van der Waals surface area contributed by atoms with Crippen LogP contribution < -0.4 is 0 Å². The van der Waals surface area contributed by atoms with E-state index in [1.807, 2.05) is 0 Å². The van der Waals surface area contributed by atoms with Crippen LogP contribution in [0.4, 0.5) is 8.78 Å². The molecule has 4 heteroatoms. The molecule has 2 aromatic carbocycles. The number of carbonyl (C=O) groups excluding carboxylic acids is 1. The summed E-state index contributed by atoms with van der Waals surface area (Å²) >= 11 is 5.89. The van der Waals surface area contributed by atoms with Gasteiger partial charge >= 0.3 is 0 Å². The van der Waals surface area contributed by atoms with Crippen LogP contribution >= 0.6 is 11.6 Å². The van der Waals surface area contributed by atoms with Crippen molar-refractivity contribution in [3.8, 4) is 11.1 Å². The average molecular weight is 267 g/mol. The van der Waals surface area contributed by atoms with Gasteiger partial charge < -0.3 is 0 Å². The fraction of sp³-hybridized carbons (Fsp3) is 0.0714. The fourth-order valence-electron chi connectivity index (χ4n) is 1.78. The van der Waals surface area contributed by atoms with Crippen molar-refractivity contribution < 1.29 is 13.6 Å². The lowest BCUT2D eigenvalue weighted by atomic mass is 9.97. The van der Waals surface area contributed by atoms with E-state index in [1.54, 1.807) is 24.3 Å². The number of carbonyl (C=O) groups is 1. The van der Waals surface area contributed by atoms with E-state index in [4.69, 9.17) is 11.6 Å². The van der Waals surface area contributed by atoms with Crippen molar-refractivity contribution in [2.75, 3.05) is 0 Å². The van der Waals surface area contributed by atoms with E-state index in [0.717, 1.165) is 6.07 Å². The number of hydrogen-bond acceptors (Lipinski definition) is 1. The van der Waals surface area contributed by atoms with Gasteiger partial charge in [0, 0.05) is 11.1 Å². The summed E-state index contributed by atoms with van der Waals surface area (Å²) < 4.78 is 27.1. The Labute approximate surface area is 108 Å². The average Bonchev–Trinajstić information content (AvgIpc) is 2.35. The molecule has 0 radical (unpaired) electrons. The van der Waals surface area contributed by atoms with Gasteiger partial charge in [0.15, 0.2) is 17.4 Å². The van der Waals surface area contributed by atoms with Gasteiger partial charge in [-0.25, -0.2) is 8.78 Å². The predicted octanol–water partition coefficient (Wildman–Crippen LogP) is 4.49. The monoisotopic (exact) mass is 266 g/mol. The first-order valence-electron chi connectivity index (χ1n) is 5.26. The van der Waals surface area contributed by atoms with Gasteiger partial charge in [0.25, 0.3) is 0 Å². The Morgan fingerprint density at radius 1 is 1.11 bits per heavy atom. The molecule has 2 aromatic rings. The maximum atomic E-state index is 13.8. The molecule has 0 heterocycles. The zero-order valence-electron chi connectivity index (χ0n) is 9.51. The minimum absolute atomic E-state index is 0.0719. The Morgan fingerprint density at radius 3 is 2.44 bits per heavy atom. The van der Waals surface area contributed by atoms with Crippen LogP contribution in [0.3, 0.4) is 0 Å². The van der Waals surface area contributed by atoms with Crippen molar-refractivity contribution in [2.45, 2.75) is 6.92 Å². The Kier molecular flexibility index (Phi) is 3.43. The third-order valence-corrected chi connectivity index (χ3v) is 2.93. The van der Waals surface area contributed by atoms with Gasteiger partial charge in [-0.1, -0.05) is 35.9 Å². The van der Waals surface area contributed by atoms with Gasteiger partial charge in [-0.3, -0.25) is 4.79 Å². The van der Waals surface area contributed by atoms with Gasteiger partial charge in [-0.05, 0) is 24.6 Å². The van der Waals surface area contributed by atoms with Crippen LogP contribution in [0.2, 0.25) is 5.02 Å². The molecule has 0 aliphatic rings. The van der Waals surface area contributed by atoms with Gasteiger partial charge in [0.2, 0.25) is 0 Å². The molecule has 0 unspecified atom stereocenters. The summed E-state index contributed by atoms with van der Waals surface area (Å²) in [5, 5.41) is 0.0719. The molecule has 0 saturated heterocycles. The first kappa shape index (κ1) is 12.7. The van der Waals surface area contributed by atoms with Crippen molar-refractivity contribution in [3.63, 3.8) is 0 Å². The highest BCUT2D eigenvalue weighted by molar-refractivity contribution is 6.33. The predicted molar refractivity (Wildman–Crippen MR) is 66.8 cm³/mol. The minimum atomic E-state index is -1.05. The first-order chi connectivity index (χ1) is 8.52. The van der Waals surface area contributed by atoms with E-state index < -0.39 is 11.6 Å². The molecule has 0 fully saturated rings. The molecule has 0 aliphatic carbocycles. The van der Waals surface area contributed by atoms with E-state index in [0.29, 0.717) is 11.1 Å². The standard InChI is InChI=1S/C14H9ClF2O/c1-8(18)9-4-2-3-5-10(9)13-11(15)6-7-12(16)14(13)17/h2-7H,1H3. The molecule has 0 aromatic heterocycles. The second kappa shape index (κ2) is 4.86. The van der Waals surface area contributed by atoms with Crippen molar-refractivity contribution in [3.05, 3.63) is 58.6 Å². The number of Topliss-reactive ketones (excluding diaryl/α,β-unsaturated/α-hetero) is 1. The zero-order chi connectivity index (χ0) is 13.3. The summed E-state index contributed by atoms with van der Waals surface area (Å²) in [7, 11) is 0. The van der Waals surface area contributed by atoms with E-state index in [1.165, 1.54) is 13.0 Å². The molecule has 0 atom stereocenters. The largest absolute Gasteiger partial charge is 0.294 e. The number of ketones is 1. The minimum Gasteiger partial charge on any atom is -0.294 e. The molecule has 0 bridgehead atoms. The summed E-state index contributed by atoms with van der Waals surface area (Å²) in [6.45, 7) is 1.37. The van der Waals surface area contributed by atoms with E-state index in [2.05, 4.69) is 0 Å². The van der Waals surface area contributed by atoms with Crippen LogP contribution in [0, 0.1) is 11.6 Å². The third kappa shape index (κ3) is 2.14. The molecule has 0 N–H and O–H groups in total. The maximum Gasteiger partial charge on any atom is 0.168 e. The Morgan fingerprint density at radius 2 is 1.78 bits per heavy atom. The van der Waals surface area contributed by atoms with Crippen LogP contribution in [0.15, 0.2) is 36.4 Å². The molecule has 1 nitrogen and oxygen atoms in total. The van der Waals surface area contributed by atoms with Crippen molar-refractivity contribution >= 4 is 17.4 Å². The highest BCUT2D eigenvalue weighted by Gasteiger charge is 2.18. The molecule has 0 saturated carbocycles. The van der Waals surface area contributed by atoms with Gasteiger partial charge in [-0.15, -0.1) is 0 Å². The molecule has 2 rings (SSSR count). The van der Waals surface area contributed by atoms with Crippen LogP contribution in [0.25, 0.3) is 11.1 Å². The second-order valence-corrected chi connectivity index (χ2v) is 4.23. The summed E-state index contributed by atoms with van der Waals surface area (Å²) in [6, 6.07) is 8.62. The lowest BCUT2D eigenvalue weighted by Crippen LogP contribution is -1.99. The second-order valence-electron chi connectivity index (χ2n) is 3.82. The van der Waals surface area contributed by atoms with Gasteiger partial charge in [-0.2, -0.15) is 0 Å². The van der Waals surface area contributed by atoms with E-state index >= 15 is 0 Å². The smallest absolute Gasteiger partial charge is 0.168 e. The highest BCUT2D eigenvalue weighted by atomic mass is 35.5. The molecule has 18 heavy (non-hydrogen) atoms. The molecular weight excluding hydrogens is 258 g/mol. The Balaban J connectivity index is 2.77. The molecule has 0 amide bonds. The lowest BCUT2D eigenvalue weighted by Gasteiger charge is -2.10. The summed E-state index contributed by atoms with van der Waals surface area (Å²) in [4.78, 5) is 11.5. The summed E-state index contributed by atoms with van der Waals surface area (Å²) in [5.41, 5.74) is 0.526.